The van der Waals surface area contributed by atoms with Crippen molar-refractivity contribution in [3.8, 4) is 5.75 Å². The second kappa shape index (κ2) is 4.70. The molecular weight excluding hydrogens is 256 g/mol. The number of carbonyl (C=O) groups excluding carboxylic acids is 1. The van der Waals surface area contributed by atoms with Crippen molar-refractivity contribution in [3.63, 3.8) is 0 Å². The van der Waals surface area contributed by atoms with Crippen molar-refractivity contribution in [1.82, 2.24) is 0 Å². The zero-order valence-corrected chi connectivity index (χ0v) is 10.9. The molecule has 0 amide bonds. The second-order valence-electron chi connectivity index (χ2n) is 4.23. The van der Waals surface area contributed by atoms with E-state index >= 15 is 0 Å². The van der Waals surface area contributed by atoms with Gasteiger partial charge in [0.05, 0.1) is 4.90 Å². The fourth-order valence-corrected chi connectivity index (χ4v) is 2.46. The van der Waals surface area contributed by atoms with Crippen LogP contribution in [-0.4, -0.2) is 39.8 Å². The van der Waals surface area contributed by atoms with Crippen molar-refractivity contribution in [3.05, 3.63) is 24.3 Å². The van der Waals surface area contributed by atoms with Crippen molar-refractivity contribution >= 4 is 15.6 Å². The molecule has 0 heterocycles. The highest BCUT2D eigenvalue weighted by Gasteiger charge is 2.42. The van der Waals surface area contributed by atoms with Crippen molar-refractivity contribution in [1.29, 1.82) is 0 Å². The Labute approximate surface area is 106 Å². The van der Waals surface area contributed by atoms with E-state index in [0.717, 1.165) is 6.26 Å². The zero-order valence-electron chi connectivity index (χ0n) is 10.1. The summed E-state index contributed by atoms with van der Waals surface area (Å²) < 4.78 is 33.3. The molecule has 2 atom stereocenters. The third kappa shape index (κ3) is 2.54. The molecule has 1 aromatic rings. The Bertz CT molecular complexity index is 564. The number of hydrogen-bond acceptors (Lipinski definition) is 5. The highest BCUT2D eigenvalue weighted by molar-refractivity contribution is 7.90. The quantitative estimate of drug-likeness (QED) is 0.810. The van der Waals surface area contributed by atoms with Gasteiger partial charge >= 0.3 is 0 Å². The summed E-state index contributed by atoms with van der Waals surface area (Å²) in [5, 5.41) is 0. The summed E-state index contributed by atoms with van der Waals surface area (Å²) >= 11 is 0. The van der Waals surface area contributed by atoms with Crippen LogP contribution in [0.5, 0.6) is 5.75 Å². The first-order valence-electron chi connectivity index (χ1n) is 5.44. The van der Waals surface area contributed by atoms with E-state index in [4.69, 9.17) is 9.47 Å². The predicted octanol–water partition coefficient (Wildman–Crippen LogP) is 0.825. The number of ether oxygens (including phenoxy) is 2. The molecule has 0 N–H and O–H groups in total. The van der Waals surface area contributed by atoms with Crippen molar-refractivity contribution < 1.29 is 22.7 Å². The summed E-state index contributed by atoms with van der Waals surface area (Å²) in [6.07, 6.45) is 0.544. The average Bonchev–Trinajstić information content (AvgIpc) is 2.28. The standard InChI is InChI=1S/C12H14O5S/c1-16-12-10(13)7-11(12)17-8-4-3-5-9(6-8)18(2,14)15/h3-6,11-12H,7H2,1-2H3. The first kappa shape index (κ1) is 13.0. The van der Waals surface area contributed by atoms with Crippen LogP contribution in [0.2, 0.25) is 0 Å². The summed E-state index contributed by atoms with van der Waals surface area (Å²) in [6, 6.07) is 6.21. The minimum Gasteiger partial charge on any atom is -0.487 e. The monoisotopic (exact) mass is 270 g/mol. The van der Waals surface area contributed by atoms with Gasteiger partial charge in [0.1, 0.15) is 11.9 Å². The van der Waals surface area contributed by atoms with E-state index in [1.54, 1.807) is 12.1 Å². The van der Waals surface area contributed by atoms with Crippen LogP contribution < -0.4 is 4.74 Å². The van der Waals surface area contributed by atoms with E-state index in [0.29, 0.717) is 12.2 Å². The number of ketones is 1. The van der Waals surface area contributed by atoms with Gasteiger partial charge in [0.15, 0.2) is 21.7 Å². The van der Waals surface area contributed by atoms with Crippen LogP contribution in [-0.2, 0) is 19.4 Å². The highest BCUT2D eigenvalue weighted by atomic mass is 32.2. The topological polar surface area (TPSA) is 69.7 Å². The van der Waals surface area contributed by atoms with Crippen molar-refractivity contribution in [2.24, 2.45) is 0 Å². The molecule has 1 fully saturated rings. The van der Waals surface area contributed by atoms with E-state index in [1.807, 2.05) is 0 Å². The fourth-order valence-electron chi connectivity index (χ4n) is 1.81. The molecule has 0 spiro atoms. The van der Waals surface area contributed by atoms with E-state index in [-0.39, 0.29) is 16.8 Å². The lowest BCUT2D eigenvalue weighted by molar-refractivity contribution is -0.151. The molecule has 5 nitrogen and oxygen atoms in total. The van der Waals surface area contributed by atoms with Crippen molar-refractivity contribution in [2.75, 3.05) is 13.4 Å². The summed E-state index contributed by atoms with van der Waals surface area (Å²) in [7, 11) is -1.81. The predicted molar refractivity (Wildman–Crippen MR) is 64.4 cm³/mol. The zero-order chi connectivity index (χ0) is 13.3. The molecule has 2 rings (SSSR count). The lowest BCUT2D eigenvalue weighted by Gasteiger charge is -2.33. The van der Waals surface area contributed by atoms with Crippen LogP contribution in [0.1, 0.15) is 6.42 Å². The van der Waals surface area contributed by atoms with Gasteiger partial charge in [0.2, 0.25) is 0 Å². The molecule has 2 unspecified atom stereocenters. The molecule has 98 valence electrons. The Morgan fingerprint density at radius 1 is 1.33 bits per heavy atom. The van der Waals surface area contributed by atoms with E-state index in [2.05, 4.69) is 0 Å². The Kier molecular flexibility index (Phi) is 3.41. The number of carbonyl (C=O) groups is 1. The lowest BCUT2D eigenvalue weighted by Crippen LogP contribution is -2.51. The maximum Gasteiger partial charge on any atom is 0.175 e. The molecular formula is C12H14O5S. The molecule has 0 bridgehead atoms. The van der Waals surface area contributed by atoms with Crippen LogP contribution in [0, 0.1) is 0 Å². The summed E-state index contributed by atoms with van der Waals surface area (Å²) in [4.78, 5) is 11.4. The van der Waals surface area contributed by atoms with Gasteiger partial charge < -0.3 is 9.47 Å². The normalized spacial score (nSPS) is 23.6. The third-order valence-corrected chi connectivity index (χ3v) is 3.94. The van der Waals surface area contributed by atoms with Gasteiger partial charge in [-0.05, 0) is 18.2 Å². The number of Topliss-reactive ketones (excluding diaryl/α,β-unsaturated/α-hetero) is 1. The molecule has 18 heavy (non-hydrogen) atoms. The summed E-state index contributed by atoms with van der Waals surface area (Å²) in [5.74, 6) is 0.430. The molecule has 0 saturated heterocycles. The van der Waals surface area contributed by atoms with Crippen molar-refractivity contribution in [2.45, 2.75) is 23.5 Å². The molecule has 1 aliphatic carbocycles. The Hall–Kier alpha value is -1.40. The van der Waals surface area contributed by atoms with Gasteiger partial charge in [0, 0.05) is 19.8 Å². The Morgan fingerprint density at radius 3 is 2.61 bits per heavy atom. The minimum atomic E-state index is -3.26. The average molecular weight is 270 g/mol. The van der Waals surface area contributed by atoms with Gasteiger partial charge in [-0.15, -0.1) is 0 Å². The van der Waals surface area contributed by atoms with Gasteiger partial charge in [-0.1, -0.05) is 6.07 Å². The smallest absolute Gasteiger partial charge is 0.175 e. The lowest BCUT2D eigenvalue weighted by atomic mass is 9.90. The van der Waals surface area contributed by atoms with Gasteiger partial charge in [-0.2, -0.15) is 0 Å². The minimum absolute atomic E-state index is 0.00164. The molecule has 1 aliphatic rings. The number of sulfone groups is 1. The fraction of sp³-hybridized carbons (Fsp3) is 0.417. The maximum atomic E-state index is 11.4. The molecule has 1 saturated carbocycles. The molecule has 0 aromatic heterocycles. The van der Waals surface area contributed by atoms with Crippen LogP contribution in [0.3, 0.4) is 0 Å². The number of hydrogen-bond donors (Lipinski definition) is 0. The summed E-state index contributed by atoms with van der Waals surface area (Å²) in [6.45, 7) is 0. The molecule has 0 aliphatic heterocycles. The Morgan fingerprint density at radius 2 is 2.06 bits per heavy atom. The second-order valence-corrected chi connectivity index (χ2v) is 6.25. The van der Waals surface area contributed by atoms with Crippen LogP contribution in [0.15, 0.2) is 29.2 Å². The Balaban J connectivity index is 2.14. The van der Waals surface area contributed by atoms with Gasteiger partial charge in [-0.25, -0.2) is 8.42 Å². The molecule has 6 heteroatoms. The SMILES string of the molecule is COC1C(=O)CC1Oc1cccc(S(C)(=O)=O)c1. The number of benzene rings is 1. The van der Waals surface area contributed by atoms with E-state index in [1.165, 1.54) is 19.2 Å². The molecule has 0 radical (unpaired) electrons. The first-order valence-corrected chi connectivity index (χ1v) is 7.33. The first-order chi connectivity index (χ1) is 8.41. The largest absolute Gasteiger partial charge is 0.487 e. The van der Waals surface area contributed by atoms with Crippen LogP contribution in [0.4, 0.5) is 0 Å². The van der Waals surface area contributed by atoms with Crippen LogP contribution >= 0.6 is 0 Å². The van der Waals surface area contributed by atoms with E-state index < -0.39 is 15.9 Å². The van der Waals surface area contributed by atoms with Gasteiger partial charge in [-0.3, -0.25) is 4.79 Å². The number of rotatable bonds is 4. The highest BCUT2D eigenvalue weighted by Crippen LogP contribution is 2.26. The van der Waals surface area contributed by atoms with Gasteiger partial charge in [0.25, 0.3) is 0 Å². The van der Waals surface area contributed by atoms with Crippen LogP contribution in [0.25, 0.3) is 0 Å². The van der Waals surface area contributed by atoms with E-state index in [9.17, 15) is 13.2 Å². The third-order valence-electron chi connectivity index (χ3n) is 2.83. The molecule has 1 aromatic carbocycles. The maximum absolute atomic E-state index is 11.4. The summed E-state index contributed by atoms with van der Waals surface area (Å²) in [5.41, 5.74) is 0. The number of methoxy groups -OCH3 is 1.